The second-order valence-corrected chi connectivity index (χ2v) is 8.00. The van der Waals surface area contributed by atoms with Gasteiger partial charge in [0.25, 0.3) is 0 Å². The molecular formula is C14H30O8Si. The first kappa shape index (κ1) is 22.0. The van der Waals surface area contributed by atoms with E-state index in [0.717, 1.165) is 0 Å². The smallest absolute Gasteiger partial charge is 0.298 e. The van der Waals surface area contributed by atoms with Crippen LogP contribution in [0.2, 0.25) is 0 Å². The summed E-state index contributed by atoms with van der Waals surface area (Å²) in [7, 11) is 0.648. The van der Waals surface area contributed by atoms with Crippen molar-refractivity contribution >= 4 is 10.5 Å². The van der Waals surface area contributed by atoms with Crippen LogP contribution in [0.25, 0.3) is 0 Å². The predicted octanol–water partition coefficient (Wildman–Crippen LogP) is 2.58. The van der Waals surface area contributed by atoms with Gasteiger partial charge in [0.15, 0.2) is 10.5 Å². The van der Waals surface area contributed by atoms with Crippen LogP contribution in [0.4, 0.5) is 0 Å². The molecule has 1 heterocycles. The summed E-state index contributed by atoms with van der Waals surface area (Å²) in [4.78, 5) is 33.6. The molecule has 8 nitrogen and oxygen atoms in total. The van der Waals surface area contributed by atoms with Gasteiger partial charge in [0.1, 0.15) is 11.2 Å². The van der Waals surface area contributed by atoms with Gasteiger partial charge in [-0.05, 0) is 62.3 Å². The Labute approximate surface area is 141 Å². The van der Waals surface area contributed by atoms with E-state index in [1.807, 2.05) is 62.3 Å². The highest BCUT2D eigenvalue weighted by molar-refractivity contribution is 5.97. The van der Waals surface area contributed by atoms with Gasteiger partial charge in [-0.2, -0.15) is 9.78 Å². The minimum atomic E-state index is -0.480. The van der Waals surface area contributed by atoms with Crippen molar-refractivity contribution in [1.82, 2.24) is 0 Å². The molecule has 0 N–H and O–H groups in total. The highest BCUT2D eigenvalue weighted by Crippen LogP contribution is 2.27. The summed E-state index contributed by atoms with van der Waals surface area (Å²) >= 11 is 0. The molecule has 1 saturated heterocycles. The maximum Gasteiger partial charge on any atom is 0.464 e. The van der Waals surface area contributed by atoms with E-state index < -0.39 is 11.2 Å². The monoisotopic (exact) mass is 354 g/mol. The van der Waals surface area contributed by atoms with Gasteiger partial charge in [-0.15, -0.1) is 0 Å². The Morgan fingerprint density at radius 2 is 1.04 bits per heavy atom. The summed E-state index contributed by atoms with van der Waals surface area (Å²) in [5.74, 6) is -0.00153. The number of hydrogen-bond acceptors (Lipinski definition) is 8. The summed E-state index contributed by atoms with van der Waals surface area (Å²) in [5, 5.41) is 0. The van der Waals surface area contributed by atoms with Crippen molar-refractivity contribution in [2.45, 2.75) is 79.1 Å². The Kier molecular flexibility index (Phi) is 8.36. The average molecular weight is 354 g/mol. The van der Waals surface area contributed by atoms with E-state index in [1.54, 1.807) is 0 Å². The van der Waals surface area contributed by atoms with Crippen LogP contribution in [0.1, 0.15) is 62.3 Å². The zero-order valence-electron chi connectivity index (χ0n) is 15.8. The Morgan fingerprint density at radius 3 is 1.22 bits per heavy atom. The van der Waals surface area contributed by atoms with E-state index in [9.17, 15) is 0 Å². The zero-order valence-corrected chi connectivity index (χ0v) is 17.8. The van der Waals surface area contributed by atoms with Crippen molar-refractivity contribution in [2.24, 2.45) is 0 Å². The second-order valence-electron chi connectivity index (χ2n) is 7.66. The summed E-state index contributed by atoms with van der Waals surface area (Å²) in [6.45, 7) is 16.8. The predicted molar refractivity (Wildman–Crippen MR) is 84.9 cm³/mol. The van der Waals surface area contributed by atoms with E-state index in [2.05, 4.69) is 14.4 Å². The highest BCUT2D eigenvalue weighted by atomic mass is 28.2. The molecule has 0 bridgehead atoms. The summed E-state index contributed by atoms with van der Waals surface area (Å²) in [6.07, 6.45) is 0. The first-order chi connectivity index (χ1) is 10.2. The Balaban J connectivity index is 0.000000585. The molecule has 1 aliphatic heterocycles. The van der Waals surface area contributed by atoms with E-state index in [0.29, 0.717) is 10.5 Å². The third kappa shape index (κ3) is 15.7. The Bertz CT molecular complexity index is 350. The largest absolute Gasteiger partial charge is 0.464 e. The third-order valence-corrected chi connectivity index (χ3v) is 1.57. The molecule has 1 rings (SSSR count). The van der Waals surface area contributed by atoms with Crippen molar-refractivity contribution in [3.8, 4) is 0 Å². The molecule has 0 aliphatic carbocycles. The highest BCUT2D eigenvalue weighted by Gasteiger charge is 2.34. The van der Waals surface area contributed by atoms with Gasteiger partial charge in [-0.1, -0.05) is 0 Å². The number of rotatable bonds is 5. The van der Waals surface area contributed by atoms with Gasteiger partial charge >= 0.3 is 11.9 Å². The number of hydrogen-bond donors (Lipinski definition) is 0. The van der Waals surface area contributed by atoms with E-state index >= 15 is 0 Å². The lowest BCUT2D eigenvalue weighted by Crippen LogP contribution is -2.22. The second kappa shape index (κ2) is 8.74. The van der Waals surface area contributed by atoms with E-state index in [-0.39, 0.29) is 17.5 Å². The van der Waals surface area contributed by atoms with E-state index in [1.165, 1.54) is 0 Å². The Morgan fingerprint density at radius 1 is 0.696 bits per heavy atom. The normalized spacial score (nSPS) is 14.2. The van der Waals surface area contributed by atoms with Gasteiger partial charge < -0.3 is 0 Å². The summed E-state index contributed by atoms with van der Waals surface area (Å²) in [6, 6.07) is 0. The first-order valence-electron chi connectivity index (χ1n) is 7.25. The van der Waals surface area contributed by atoms with Crippen LogP contribution in [0.15, 0.2) is 11.9 Å². The van der Waals surface area contributed by atoms with E-state index in [4.69, 9.17) is 24.4 Å². The molecule has 0 radical (unpaired) electrons. The van der Waals surface area contributed by atoms with Gasteiger partial charge in [0.05, 0.1) is 5.60 Å². The SMILES string of the molecule is CC(C)(C)OOC(OOC(C)(C)C)=C1OO1.CC(C)(C)OO[SiH3]. The fourth-order valence-electron chi connectivity index (χ4n) is 0.746. The molecule has 1 aliphatic rings. The molecule has 0 atom stereocenters. The lowest BCUT2D eigenvalue weighted by molar-refractivity contribution is -0.416. The van der Waals surface area contributed by atoms with Crippen LogP contribution in [-0.2, 0) is 38.8 Å². The first-order valence-corrected chi connectivity index (χ1v) is 8.07. The van der Waals surface area contributed by atoms with Crippen LogP contribution in [-0.4, -0.2) is 27.3 Å². The quantitative estimate of drug-likeness (QED) is 0.245. The van der Waals surface area contributed by atoms with Crippen LogP contribution in [0.3, 0.4) is 0 Å². The summed E-state index contributed by atoms with van der Waals surface area (Å²) < 4.78 is 4.55. The molecule has 0 unspecified atom stereocenters. The fourth-order valence-corrected chi connectivity index (χ4v) is 1.25. The molecule has 0 aromatic rings. The van der Waals surface area contributed by atoms with Crippen LogP contribution in [0.5, 0.6) is 0 Å². The zero-order chi connectivity index (χ0) is 18.3. The van der Waals surface area contributed by atoms with Crippen LogP contribution < -0.4 is 0 Å². The molecule has 0 spiro atoms. The molecule has 1 fully saturated rings. The minimum Gasteiger partial charge on any atom is -0.298 e. The minimum absolute atomic E-state index is 0.0912. The van der Waals surface area contributed by atoms with Gasteiger partial charge in [0, 0.05) is 0 Å². The topological polar surface area (TPSA) is 80.4 Å². The lowest BCUT2D eigenvalue weighted by atomic mass is 10.2. The molecule has 0 aromatic heterocycles. The third-order valence-electron chi connectivity index (χ3n) is 1.40. The average Bonchev–Trinajstić information content (AvgIpc) is 3.09. The maximum atomic E-state index is 5.04. The molecule has 9 heteroatoms. The lowest BCUT2D eigenvalue weighted by Gasteiger charge is -2.20. The van der Waals surface area contributed by atoms with Crippen molar-refractivity contribution in [2.75, 3.05) is 0 Å². The van der Waals surface area contributed by atoms with Gasteiger partial charge in [-0.3, -0.25) is 14.4 Å². The molecule has 0 aromatic carbocycles. The molecule has 138 valence electrons. The summed E-state index contributed by atoms with van der Waals surface area (Å²) in [5.41, 5.74) is -1.10. The molecule has 23 heavy (non-hydrogen) atoms. The van der Waals surface area contributed by atoms with Gasteiger partial charge in [-0.25, -0.2) is 14.7 Å². The molecular weight excluding hydrogens is 324 g/mol. The van der Waals surface area contributed by atoms with Crippen molar-refractivity contribution in [3.63, 3.8) is 0 Å². The molecule has 0 saturated carbocycles. The van der Waals surface area contributed by atoms with Gasteiger partial charge in [0.2, 0.25) is 0 Å². The molecule has 0 amide bonds. The standard InChI is InChI=1S/C10H18O6.C4H12O2Si/c1-9(2,3)15-13-8(7-11-12-7)14-16-10(4,5)6;1-4(2,3)5-6-7/h1-6H3;1-3,7H3. The van der Waals surface area contributed by atoms with Crippen LogP contribution in [0, 0.1) is 0 Å². The van der Waals surface area contributed by atoms with Crippen molar-refractivity contribution < 1.29 is 38.8 Å². The van der Waals surface area contributed by atoms with Crippen LogP contribution >= 0.6 is 0 Å². The van der Waals surface area contributed by atoms with Crippen molar-refractivity contribution in [1.29, 1.82) is 0 Å². The van der Waals surface area contributed by atoms with Crippen molar-refractivity contribution in [3.05, 3.63) is 11.9 Å². The Hall–Kier alpha value is -1.00. The maximum absolute atomic E-state index is 5.04. The fraction of sp³-hybridized carbons (Fsp3) is 0.857.